The summed E-state index contributed by atoms with van der Waals surface area (Å²) in [5.74, 6) is 0.930. The number of rotatable bonds is 17. The molecule has 0 aromatic rings. The van der Waals surface area contributed by atoms with Gasteiger partial charge in [0.2, 0.25) is 0 Å². The largest absolute Gasteiger partial charge is 0.480 e. The van der Waals surface area contributed by atoms with Crippen molar-refractivity contribution in [2.45, 2.75) is 103 Å². The van der Waals surface area contributed by atoms with Crippen LogP contribution in [-0.2, 0) is 9.47 Å². The second kappa shape index (κ2) is 15.8. The minimum absolute atomic E-state index is 0.287. The molecule has 25 heavy (non-hydrogen) atoms. The third-order valence-corrected chi connectivity index (χ3v) is 5.19. The van der Waals surface area contributed by atoms with E-state index in [1.165, 1.54) is 77.0 Å². The number of unbranched alkanes of at least 4 members (excludes halogenated alkanes) is 9. The minimum Gasteiger partial charge on any atom is -0.480 e. The first-order chi connectivity index (χ1) is 12.2. The molecule has 0 N–H and O–H groups in total. The topological polar surface area (TPSA) is 21.8 Å². The summed E-state index contributed by atoms with van der Waals surface area (Å²) < 4.78 is 10.5. The van der Waals surface area contributed by atoms with Crippen molar-refractivity contribution < 1.29 is 9.47 Å². The van der Waals surface area contributed by atoms with Crippen molar-refractivity contribution >= 4 is 17.3 Å². The van der Waals surface area contributed by atoms with Gasteiger partial charge in [-0.1, -0.05) is 90.6 Å². The Morgan fingerprint density at radius 3 is 2.28 bits per heavy atom. The summed E-state index contributed by atoms with van der Waals surface area (Å²) in [7, 11) is 0. The van der Waals surface area contributed by atoms with Gasteiger partial charge >= 0.3 is 0 Å². The van der Waals surface area contributed by atoms with Gasteiger partial charge in [-0.2, -0.15) is 0 Å². The van der Waals surface area contributed by atoms with Crippen molar-refractivity contribution in [2.24, 2.45) is 5.92 Å². The van der Waals surface area contributed by atoms with E-state index in [9.17, 15) is 0 Å². The summed E-state index contributed by atoms with van der Waals surface area (Å²) in [6, 6.07) is 0. The van der Waals surface area contributed by atoms with Crippen molar-refractivity contribution in [3.63, 3.8) is 0 Å². The summed E-state index contributed by atoms with van der Waals surface area (Å²) in [4.78, 5) is 0. The van der Waals surface area contributed by atoms with Crippen LogP contribution >= 0.6 is 12.2 Å². The second-order valence-corrected chi connectivity index (χ2v) is 8.04. The van der Waals surface area contributed by atoms with E-state index in [4.69, 9.17) is 21.7 Å². The SMILES string of the molecule is CCCCCCC(C)CCCCCCCCC=CC(=S)OCC1CO1. The van der Waals surface area contributed by atoms with E-state index in [2.05, 4.69) is 19.9 Å². The fourth-order valence-electron chi connectivity index (χ4n) is 3.09. The van der Waals surface area contributed by atoms with Gasteiger partial charge in [-0.05, 0) is 37.1 Å². The summed E-state index contributed by atoms with van der Waals surface area (Å²) in [6.45, 7) is 6.16. The van der Waals surface area contributed by atoms with Crippen LogP contribution in [0.4, 0.5) is 0 Å². The van der Waals surface area contributed by atoms with E-state index in [0.717, 1.165) is 18.9 Å². The molecule has 1 rings (SSSR count). The Balaban J connectivity index is 1.78. The van der Waals surface area contributed by atoms with Crippen molar-refractivity contribution in [3.8, 4) is 0 Å². The lowest BCUT2D eigenvalue weighted by Crippen LogP contribution is -2.05. The van der Waals surface area contributed by atoms with Crippen molar-refractivity contribution in [3.05, 3.63) is 12.2 Å². The van der Waals surface area contributed by atoms with E-state index in [1.807, 2.05) is 6.08 Å². The van der Waals surface area contributed by atoms with Crippen LogP contribution in [0.15, 0.2) is 12.2 Å². The monoisotopic (exact) mass is 368 g/mol. The molecule has 0 amide bonds. The van der Waals surface area contributed by atoms with Crippen LogP contribution in [0, 0.1) is 5.92 Å². The zero-order chi connectivity index (χ0) is 18.2. The molecule has 1 aliphatic rings. The molecule has 2 unspecified atom stereocenters. The fraction of sp³-hybridized carbons (Fsp3) is 0.864. The van der Waals surface area contributed by atoms with Gasteiger partial charge in [-0.25, -0.2) is 0 Å². The fourth-order valence-corrected chi connectivity index (χ4v) is 3.26. The van der Waals surface area contributed by atoms with E-state index in [1.54, 1.807) is 0 Å². The smallest absolute Gasteiger partial charge is 0.183 e. The zero-order valence-electron chi connectivity index (χ0n) is 16.6. The quantitative estimate of drug-likeness (QED) is 0.119. The second-order valence-electron chi connectivity index (χ2n) is 7.64. The average molecular weight is 369 g/mol. The van der Waals surface area contributed by atoms with Gasteiger partial charge in [0, 0.05) is 0 Å². The van der Waals surface area contributed by atoms with Crippen molar-refractivity contribution in [1.29, 1.82) is 0 Å². The lowest BCUT2D eigenvalue weighted by atomic mass is 9.96. The molecule has 146 valence electrons. The van der Waals surface area contributed by atoms with Gasteiger partial charge in [0.05, 0.1) is 6.61 Å². The van der Waals surface area contributed by atoms with Crippen LogP contribution in [0.1, 0.15) is 97.3 Å². The summed E-state index contributed by atoms with van der Waals surface area (Å²) in [5.41, 5.74) is 0. The molecule has 0 saturated carbocycles. The first-order valence-corrected chi connectivity index (χ1v) is 11.1. The van der Waals surface area contributed by atoms with Gasteiger partial charge in [0.15, 0.2) is 5.05 Å². The molecule has 0 aromatic carbocycles. The lowest BCUT2D eigenvalue weighted by molar-refractivity contribution is 0.260. The van der Waals surface area contributed by atoms with Gasteiger partial charge in [-0.15, -0.1) is 0 Å². The number of hydrogen-bond acceptors (Lipinski definition) is 3. The number of thiocarbonyl (C=S) groups is 1. The van der Waals surface area contributed by atoms with Crippen molar-refractivity contribution in [2.75, 3.05) is 13.2 Å². The molecule has 0 aliphatic carbocycles. The molecule has 0 spiro atoms. The average Bonchev–Trinajstić information content (AvgIpc) is 3.43. The maximum atomic E-state index is 5.41. The van der Waals surface area contributed by atoms with E-state index in [0.29, 0.717) is 11.7 Å². The van der Waals surface area contributed by atoms with Crippen LogP contribution < -0.4 is 0 Å². The van der Waals surface area contributed by atoms with Crippen LogP contribution in [0.2, 0.25) is 0 Å². The minimum atomic E-state index is 0.287. The normalized spacial score (nSPS) is 17.8. The van der Waals surface area contributed by atoms with Crippen LogP contribution in [0.5, 0.6) is 0 Å². The zero-order valence-corrected chi connectivity index (χ0v) is 17.5. The first-order valence-electron chi connectivity index (χ1n) is 10.7. The van der Waals surface area contributed by atoms with Crippen LogP contribution in [-0.4, -0.2) is 24.4 Å². The van der Waals surface area contributed by atoms with E-state index < -0.39 is 0 Å². The molecule has 1 fully saturated rings. The molecule has 1 heterocycles. The summed E-state index contributed by atoms with van der Waals surface area (Å²) in [6.07, 6.45) is 22.2. The van der Waals surface area contributed by atoms with Gasteiger partial charge < -0.3 is 9.47 Å². The first kappa shape index (κ1) is 22.6. The Hall–Kier alpha value is -0.410. The highest BCUT2D eigenvalue weighted by Gasteiger charge is 2.23. The number of ether oxygens (including phenoxy) is 2. The Bertz CT molecular complexity index is 350. The Morgan fingerprint density at radius 1 is 1.04 bits per heavy atom. The summed E-state index contributed by atoms with van der Waals surface area (Å²) in [5, 5.41) is 0.597. The van der Waals surface area contributed by atoms with Gasteiger partial charge in [0.1, 0.15) is 12.7 Å². The maximum absolute atomic E-state index is 5.41. The highest BCUT2D eigenvalue weighted by atomic mass is 32.1. The highest BCUT2D eigenvalue weighted by Crippen LogP contribution is 2.18. The Kier molecular flexibility index (Phi) is 14.3. The molecule has 0 aromatic heterocycles. The van der Waals surface area contributed by atoms with E-state index >= 15 is 0 Å². The van der Waals surface area contributed by atoms with Crippen LogP contribution in [0.3, 0.4) is 0 Å². The number of hydrogen-bond donors (Lipinski definition) is 0. The molecule has 1 aliphatic heterocycles. The van der Waals surface area contributed by atoms with Gasteiger partial charge in [0.25, 0.3) is 0 Å². The third kappa shape index (κ3) is 15.6. The molecular weight excluding hydrogens is 328 g/mol. The number of epoxide rings is 1. The molecule has 3 heteroatoms. The molecule has 2 nitrogen and oxygen atoms in total. The molecular formula is C22H40O2S. The molecule has 0 bridgehead atoms. The number of allylic oxidation sites excluding steroid dienone is 1. The Morgan fingerprint density at radius 2 is 1.64 bits per heavy atom. The predicted molar refractivity (Wildman–Crippen MR) is 112 cm³/mol. The lowest BCUT2D eigenvalue weighted by Gasteiger charge is -2.10. The van der Waals surface area contributed by atoms with Gasteiger partial charge in [-0.3, -0.25) is 0 Å². The molecule has 2 atom stereocenters. The third-order valence-electron chi connectivity index (χ3n) is 4.94. The highest BCUT2D eigenvalue weighted by molar-refractivity contribution is 7.80. The van der Waals surface area contributed by atoms with E-state index in [-0.39, 0.29) is 6.10 Å². The standard InChI is InChI=1S/C22H40O2S/c1-3-4-5-12-15-20(2)16-13-10-8-6-7-9-11-14-17-22(25)24-19-21-18-23-21/h14,17,20-21H,3-13,15-16,18-19H2,1-2H3. The summed E-state index contributed by atoms with van der Waals surface area (Å²) >= 11 is 5.14. The van der Waals surface area contributed by atoms with Crippen molar-refractivity contribution in [1.82, 2.24) is 0 Å². The Labute approximate surface area is 161 Å². The molecule has 1 saturated heterocycles. The molecule has 0 radical (unpaired) electrons. The maximum Gasteiger partial charge on any atom is 0.183 e. The predicted octanol–water partition coefficient (Wildman–Crippen LogP) is 7.01. The van der Waals surface area contributed by atoms with Crippen LogP contribution in [0.25, 0.3) is 0 Å².